The maximum atomic E-state index is 12.3. The standard InChI is InChI=1S/C14H21N3O2/c1-17(2)13(11-5-3-7-15-9-11)14(18)16-10-12-6-4-8-19-12/h3,5,7,9,12-13H,4,6,8,10H2,1-2H3,(H,16,18). The highest BCUT2D eigenvalue weighted by molar-refractivity contribution is 5.83. The van der Waals surface area contributed by atoms with Gasteiger partial charge in [-0.05, 0) is 38.6 Å². The number of likely N-dealkylation sites (N-methyl/N-ethyl adjacent to an activating group) is 1. The maximum absolute atomic E-state index is 12.3. The fourth-order valence-electron chi connectivity index (χ4n) is 2.34. The summed E-state index contributed by atoms with van der Waals surface area (Å²) < 4.78 is 5.51. The first-order valence-corrected chi connectivity index (χ1v) is 6.64. The van der Waals surface area contributed by atoms with E-state index in [9.17, 15) is 4.79 Å². The predicted octanol–water partition coefficient (Wildman–Crippen LogP) is 0.979. The van der Waals surface area contributed by atoms with Crippen LogP contribution in [0.25, 0.3) is 0 Å². The molecule has 1 aliphatic rings. The van der Waals surface area contributed by atoms with E-state index < -0.39 is 0 Å². The smallest absolute Gasteiger partial charge is 0.242 e. The summed E-state index contributed by atoms with van der Waals surface area (Å²) in [6, 6.07) is 3.46. The van der Waals surface area contributed by atoms with E-state index in [1.807, 2.05) is 31.1 Å². The summed E-state index contributed by atoms with van der Waals surface area (Å²) in [5, 5.41) is 2.97. The summed E-state index contributed by atoms with van der Waals surface area (Å²) >= 11 is 0. The Bertz CT molecular complexity index is 402. The Morgan fingerprint density at radius 1 is 1.63 bits per heavy atom. The second-order valence-corrected chi connectivity index (χ2v) is 5.03. The van der Waals surface area contributed by atoms with Crippen LogP contribution >= 0.6 is 0 Å². The topological polar surface area (TPSA) is 54.5 Å². The van der Waals surface area contributed by atoms with Gasteiger partial charge in [0.1, 0.15) is 6.04 Å². The van der Waals surface area contributed by atoms with E-state index in [0.29, 0.717) is 6.54 Å². The summed E-state index contributed by atoms with van der Waals surface area (Å²) in [5.74, 6) is -0.00602. The molecular formula is C14H21N3O2. The van der Waals surface area contributed by atoms with Gasteiger partial charge < -0.3 is 10.1 Å². The predicted molar refractivity (Wildman–Crippen MR) is 72.6 cm³/mol. The lowest BCUT2D eigenvalue weighted by molar-refractivity contribution is -0.126. The Labute approximate surface area is 114 Å². The van der Waals surface area contributed by atoms with Gasteiger partial charge in [-0.25, -0.2) is 0 Å². The van der Waals surface area contributed by atoms with E-state index in [0.717, 1.165) is 25.0 Å². The molecular weight excluding hydrogens is 242 g/mol. The zero-order chi connectivity index (χ0) is 13.7. The molecule has 0 aromatic carbocycles. The van der Waals surface area contributed by atoms with Gasteiger partial charge in [-0.15, -0.1) is 0 Å². The summed E-state index contributed by atoms with van der Waals surface area (Å²) in [6.45, 7) is 1.39. The van der Waals surface area contributed by atoms with Crippen molar-refractivity contribution in [2.45, 2.75) is 25.0 Å². The first-order chi connectivity index (χ1) is 9.18. The Kier molecular flexibility index (Phi) is 4.87. The number of carbonyl (C=O) groups is 1. The van der Waals surface area contributed by atoms with Gasteiger partial charge in [-0.2, -0.15) is 0 Å². The van der Waals surface area contributed by atoms with Crippen molar-refractivity contribution in [3.05, 3.63) is 30.1 Å². The van der Waals surface area contributed by atoms with Gasteiger partial charge in [-0.3, -0.25) is 14.7 Å². The van der Waals surface area contributed by atoms with Crippen molar-refractivity contribution in [2.24, 2.45) is 0 Å². The van der Waals surface area contributed by atoms with E-state index in [2.05, 4.69) is 10.3 Å². The van der Waals surface area contributed by atoms with E-state index >= 15 is 0 Å². The van der Waals surface area contributed by atoms with Crippen molar-refractivity contribution in [3.63, 3.8) is 0 Å². The molecule has 1 N–H and O–H groups in total. The third-order valence-electron chi connectivity index (χ3n) is 3.29. The van der Waals surface area contributed by atoms with Gasteiger partial charge in [0.15, 0.2) is 0 Å². The van der Waals surface area contributed by atoms with Crippen LogP contribution in [-0.2, 0) is 9.53 Å². The molecule has 2 unspecified atom stereocenters. The van der Waals surface area contributed by atoms with Gasteiger partial charge in [0.2, 0.25) is 5.91 Å². The van der Waals surface area contributed by atoms with Crippen molar-refractivity contribution < 1.29 is 9.53 Å². The molecule has 1 aromatic heterocycles. The minimum Gasteiger partial charge on any atom is -0.376 e. The summed E-state index contributed by atoms with van der Waals surface area (Å²) in [4.78, 5) is 18.3. The van der Waals surface area contributed by atoms with Gasteiger partial charge in [0, 0.05) is 25.5 Å². The lowest BCUT2D eigenvalue weighted by Crippen LogP contribution is -2.40. The Morgan fingerprint density at radius 2 is 2.47 bits per heavy atom. The number of amides is 1. The molecule has 19 heavy (non-hydrogen) atoms. The van der Waals surface area contributed by atoms with Crippen molar-refractivity contribution in [2.75, 3.05) is 27.2 Å². The van der Waals surface area contributed by atoms with Crippen LogP contribution in [0, 0.1) is 0 Å². The molecule has 1 amide bonds. The maximum Gasteiger partial charge on any atom is 0.242 e. The molecule has 0 aliphatic carbocycles. The molecule has 1 aromatic rings. The molecule has 2 atom stereocenters. The molecule has 1 aliphatic heterocycles. The minimum absolute atomic E-state index is 0.00602. The summed E-state index contributed by atoms with van der Waals surface area (Å²) in [5.41, 5.74) is 0.900. The molecule has 5 nitrogen and oxygen atoms in total. The van der Waals surface area contributed by atoms with Crippen LogP contribution < -0.4 is 5.32 Å². The van der Waals surface area contributed by atoms with Crippen molar-refractivity contribution in [1.29, 1.82) is 0 Å². The number of aromatic nitrogens is 1. The van der Waals surface area contributed by atoms with Crippen LogP contribution in [0.2, 0.25) is 0 Å². The highest BCUT2D eigenvalue weighted by atomic mass is 16.5. The first-order valence-electron chi connectivity index (χ1n) is 6.64. The molecule has 1 fully saturated rings. The van der Waals surface area contributed by atoms with Gasteiger partial charge >= 0.3 is 0 Å². The lowest BCUT2D eigenvalue weighted by atomic mass is 10.1. The number of pyridine rings is 1. The molecule has 2 heterocycles. The molecule has 0 saturated carbocycles. The summed E-state index contributed by atoms with van der Waals surface area (Å²) in [6.07, 6.45) is 5.72. The van der Waals surface area contributed by atoms with Crippen LogP contribution in [0.1, 0.15) is 24.4 Å². The first kappa shape index (κ1) is 14.0. The number of nitrogens with zero attached hydrogens (tertiary/aromatic N) is 2. The van der Waals surface area contributed by atoms with E-state index in [-0.39, 0.29) is 18.1 Å². The number of ether oxygens (including phenoxy) is 1. The number of hydrogen-bond acceptors (Lipinski definition) is 4. The van der Waals surface area contributed by atoms with E-state index in [1.54, 1.807) is 12.4 Å². The number of nitrogens with one attached hydrogen (secondary N) is 1. The fourth-order valence-corrected chi connectivity index (χ4v) is 2.34. The number of rotatable bonds is 5. The Balaban J connectivity index is 1.96. The van der Waals surface area contributed by atoms with Crippen LogP contribution in [0.3, 0.4) is 0 Å². The second kappa shape index (κ2) is 6.63. The van der Waals surface area contributed by atoms with Crippen molar-refractivity contribution in [1.82, 2.24) is 15.2 Å². The Hall–Kier alpha value is -1.46. The van der Waals surface area contributed by atoms with Crippen LogP contribution in [0.15, 0.2) is 24.5 Å². The minimum atomic E-state index is -0.310. The zero-order valence-electron chi connectivity index (χ0n) is 11.5. The molecule has 0 radical (unpaired) electrons. The van der Waals surface area contributed by atoms with Crippen LogP contribution in [0.5, 0.6) is 0 Å². The third kappa shape index (κ3) is 3.75. The van der Waals surface area contributed by atoms with Gasteiger partial charge in [0.05, 0.1) is 6.10 Å². The third-order valence-corrected chi connectivity index (χ3v) is 3.29. The monoisotopic (exact) mass is 263 g/mol. The average molecular weight is 263 g/mol. The van der Waals surface area contributed by atoms with Gasteiger partial charge in [-0.1, -0.05) is 6.07 Å². The van der Waals surface area contributed by atoms with Gasteiger partial charge in [0.25, 0.3) is 0 Å². The molecule has 0 spiro atoms. The average Bonchev–Trinajstić information content (AvgIpc) is 2.90. The number of hydrogen-bond donors (Lipinski definition) is 1. The van der Waals surface area contributed by atoms with Crippen molar-refractivity contribution in [3.8, 4) is 0 Å². The largest absolute Gasteiger partial charge is 0.376 e. The van der Waals surface area contributed by atoms with Crippen molar-refractivity contribution >= 4 is 5.91 Å². The fraction of sp³-hybridized carbons (Fsp3) is 0.571. The van der Waals surface area contributed by atoms with Crippen LogP contribution in [0.4, 0.5) is 0 Å². The second-order valence-electron chi connectivity index (χ2n) is 5.03. The highest BCUT2D eigenvalue weighted by Gasteiger charge is 2.24. The lowest BCUT2D eigenvalue weighted by Gasteiger charge is -2.24. The molecule has 104 valence electrons. The SMILES string of the molecule is CN(C)C(C(=O)NCC1CCCO1)c1cccnc1. The van der Waals surface area contributed by atoms with Crippen LogP contribution in [-0.4, -0.2) is 49.1 Å². The highest BCUT2D eigenvalue weighted by Crippen LogP contribution is 2.17. The van der Waals surface area contributed by atoms with E-state index in [1.165, 1.54) is 0 Å². The molecule has 5 heteroatoms. The molecule has 1 saturated heterocycles. The zero-order valence-corrected chi connectivity index (χ0v) is 11.5. The summed E-state index contributed by atoms with van der Waals surface area (Å²) in [7, 11) is 3.78. The molecule has 2 rings (SSSR count). The molecule has 0 bridgehead atoms. The Morgan fingerprint density at radius 3 is 3.05 bits per heavy atom. The normalized spacial score (nSPS) is 20.5. The van der Waals surface area contributed by atoms with E-state index in [4.69, 9.17) is 4.74 Å². The quantitative estimate of drug-likeness (QED) is 0.860. The number of carbonyl (C=O) groups excluding carboxylic acids is 1.